The molecule has 2 aromatic heterocycles. The maximum atomic E-state index is 4.72. The molecule has 1 N–H and O–H groups in total. The number of nitrogens with zero attached hydrogens (tertiary/aromatic N) is 4. The molecule has 0 aromatic carbocycles. The Kier molecular flexibility index (Phi) is 5.31. The Morgan fingerprint density at radius 1 is 1.24 bits per heavy atom. The summed E-state index contributed by atoms with van der Waals surface area (Å²) in [5.74, 6) is 2.23. The third-order valence-corrected chi connectivity index (χ3v) is 3.20. The van der Waals surface area contributed by atoms with Gasteiger partial charge in [0.15, 0.2) is 5.82 Å². The first kappa shape index (κ1) is 15.5. The second kappa shape index (κ2) is 7.20. The van der Waals surface area contributed by atoms with Gasteiger partial charge in [-0.2, -0.15) is 5.10 Å². The maximum absolute atomic E-state index is 4.72. The smallest absolute Gasteiger partial charge is 0.180 e. The van der Waals surface area contributed by atoms with E-state index in [0.717, 1.165) is 49.0 Å². The molecule has 2 aromatic rings. The first-order valence-electron chi connectivity index (χ1n) is 7.78. The zero-order valence-electron chi connectivity index (χ0n) is 13.4. The van der Waals surface area contributed by atoms with Gasteiger partial charge in [0.25, 0.3) is 0 Å². The fraction of sp³-hybridized carbons (Fsp3) is 0.562. The fourth-order valence-electron chi connectivity index (χ4n) is 2.25. The molecule has 5 nitrogen and oxygen atoms in total. The Hall–Kier alpha value is -1.91. The van der Waals surface area contributed by atoms with E-state index in [-0.39, 0.29) is 0 Å². The van der Waals surface area contributed by atoms with E-state index >= 15 is 0 Å². The van der Waals surface area contributed by atoms with Gasteiger partial charge in [0.2, 0.25) is 0 Å². The number of anilines is 1. The van der Waals surface area contributed by atoms with Crippen LogP contribution in [0.1, 0.15) is 39.8 Å². The summed E-state index contributed by atoms with van der Waals surface area (Å²) >= 11 is 0. The molecule has 0 bridgehead atoms. The summed E-state index contributed by atoms with van der Waals surface area (Å²) in [5, 5.41) is 7.68. The Bertz CT molecular complexity index is 574. The summed E-state index contributed by atoms with van der Waals surface area (Å²) in [6.45, 7) is 10.4. The molecule has 0 unspecified atom stereocenters. The van der Waals surface area contributed by atoms with Gasteiger partial charge in [-0.25, -0.2) is 9.97 Å². The first-order chi connectivity index (χ1) is 10.1. The van der Waals surface area contributed by atoms with Crippen molar-refractivity contribution in [1.82, 2.24) is 19.7 Å². The highest BCUT2D eigenvalue weighted by molar-refractivity contribution is 5.53. The molecule has 2 rings (SSSR count). The van der Waals surface area contributed by atoms with E-state index < -0.39 is 0 Å². The molecule has 0 atom stereocenters. The van der Waals surface area contributed by atoms with E-state index in [4.69, 9.17) is 4.98 Å². The Labute approximate surface area is 126 Å². The van der Waals surface area contributed by atoms with Crippen LogP contribution >= 0.6 is 0 Å². The highest BCUT2D eigenvalue weighted by Crippen LogP contribution is 2.19. The Morgan fingerprint density at radius 2 is 2.05 bits per heavy atom. The van der Waals surface area contributed by atoms with Crippen molar-refractivity contribution in [3.05, 3.63) is 24.0 Å². The van der Waals surface area contributed by atoms with Crippen molar-refractivity contribution < 1.29 is 0 Å². The van der Waals surface area contributed by atoms with Gasteiger partial charge in [0.1, 0.15) is 11.5 Å². The minimum atomic E-state index is 0.572. The van der Waals surface area contributed by atoms with E-state index in [1.807, 2.05) is 10.7 Å². The van der Waals surface area contributed by atoms with Crippen molar-refractivity contribution in [3.8, 4) is 11.5 Å². The van der Waals surface area contributed by atoms with Crippen molar-refractivity contribution >= 4 is 5.82 Å². The molecule has 5 heteroatoms. The predicted octanol–water partition coefficient (Wildman–Crippen LogP) is 3.38. The second-order valence-corrected chi connectivity index (χ2v) is 5.63. The number of rotatable bonds is 7. The Morgan fingerprint density at radius 3 is 2.71 bits per heavy atom. The summed E-state index contributed by atoms with van der Waals surface area (Å²) < 4.78 is 1.93. The van der Waals surface area contributed by atoms with Gasteiger partial charge < -0.3 is 5.32 Å². The summed E-state index contributed by atoms with van der Waals surface area (Å²) in [5.41, 5.74) is 2.06. The third kappa shape index (κ3) is 4.03. The van der Waals surface area contributed by atoms with Crippen molar-refractivity contribution in [2.75, 3.05) is 11.9 Å². The average Bonchev–Trinajstić information content (AvgIpc) is 2.92. The lowest BCUT2D eigenvalue weighted by Crippen LogP contribution is -2.09. The van der Waals surface area contributed by atoms with Crippen molar-refractivity contribution in [1.29, 1.82) is 0 Å². The fourth-order valence-corrected chi connectivity index (χ4v) is 2.25. The molecule has 0 aliphatic rings. The zero-order valence-corrected chi connectivity index (χ0v) is 13.4. The SMILES string of the molecule is CCCNc1cc(CC(C)C)nc(-c2ccnn2CC)n1. The monoisotopic (exact) mass is 287 g/mol. The molecule has 0 aliphatic heterocycles. The predicted molar refractivity (Wildman–Crippen MR) is 86.2 cm³/mol. The molecule has 0 radical (unpaired) electrons. The molecule has 0 aliphatic carbocycles. The topological polar surface area (TPSA) is 55.6 Å². The highest BCUT2D eigenvalue weighted by atomic mass is 15.3. The molecule has 2 heterocycles. The van der Waals surface area contributed by atoms with Gasteiger partial charge in [-0.3, -0.25) is 4.68 Å². The maximum Gasteiger partial charge on any atom is 0.180 e. The van der Waals surface area contributed by atoms with Crippen molar-refractivity contribution in [2.24, 2.45) is 5.92 Å². The lowest BCUT2D eigenvalue weighted by molar-refractivity contribution is 0.632. The molecule has 21 heavy (non-hydrogen) atoms. The molecule has 0 saturated carbocycles. The van der Waals surface area contributed by atoms with E-state index in [1.165, 1.54) is 0 Å². The highest BCUT2D eigenvalue weighted by Gasteiger charge is 2.11. The van der Waals surface area contributed by atoms with Gasteiger partial charge in [-0.15, -0.1) is 0 Å². The van der Waals surface area contributed by atoms with Gasteiger partial charge in [0, 0.05) is 31.0 Å². The average molecular weight is 287 g/mol. The van der Waals surface area contributed by atoms with Gasteiger partial charge in [-0.1, -0.05) is 20.8 Å². The van der Waals surface area contributed by atoms with Crippen LogP contribution in [0.3, 0.4) is 0 Å². The molecule has 0 amide bonds. The van der Waals surface area contributed by atoms with E-state index in [1.54, 1.807) is 6.20 Å². The number of nitrogens with one attached hydrogen (secondary N) is 1. The van der Waals surface area contributed by atoms with Crippen LogP contribution in [0, 0.1) is 5.92 Å². The van der Waals surface area contributed by atoms with Crippen molar-refractivity contribution in [2.45, 2.75) is 47.1 Å². The molecule has 0 fully saturated rings. The Balaban J connectivity index is 2.38. The van der Waals surface area contributed by atoms with Gasteiger partial charge in [-0.05, 0) is 31.7 Å². The number of aromatic nitrogens is 4. The normalized spacial score (nSPS) is 11.1. The van der Waals surface area contributed by atoms with Crippen LogP contribution in [0.25, 0.3) is 11.5 Å². The number of aryl methyl sites for hydroxylation is 1. The largest absolute Gasteiger partial charge is 0.370 e. The van der Waals surface area contributed by atoms with Crippen LogP contribution < -0.4 is 5.32 Å². The summed E-state index contributed by atoms with van der Waals surface area (Å²) in [6, 6.07) is 4.04. The minimum absolute atomic E-state index is 0.572. The summed E-state index contributed by atoms with van der Waals surface area (Å²) in [6.07, 6.45) is 3.83. The lowest BCUT2D eigenvalue weighted by atomic mass is 10.1. The number of hydrogen-bond donors (Lipinski definition) is 1. The van der Waals surface area contributed by atoms with Crippen molar-refractivity contribution in [3.63, 3.8) is 0 Å². The van der Waals surface area contributed by atoms with Gasteiger partial charge in [0.05, 0.1) is 0 Å². The quantitative estimate of drug-likeness (QED) is 0.848. The van der Waals surface area contributed by atoms with E-state index in [2.05, 4.69) is 49.2 Å². The summed E-state index contributed by atoms with van der Waals surface area (Å²) in [7, 11) is 0. The van der Waals surface area contributed by atoms with Crippen LogP contribution in [-0.4, -0.2) is 26.3 Å². The number of hydrogen-bond acceptors (Lipinski definition) is 4. The molecule has 114 valence electrons. The zero-order chi connectivity index (χ0) is 15.2. The van der Waals surface area contributed by atoms with Gasteiger partial charge >= 0.3 is 0 Å². The van der Waals surface area contributed by atoms with Crippen LogP contribution in [0.5, 0.6) is 0 Å². The minimum Gasteiger partial charge on any atom is -0.370 e. The molecular weight excluding hydrogens is 262 g/mol. The lowest BCUT2D eigenvalue weighted by Gasteiger charge is -2.11. The van der Waals surface area contributed by atoms with Crippen LogP contribution in [0.2, 0.25) is 0 Å². The third-order valence-electron chi connectivity index (χ3n) is 3.20. The van der Waals surface area contributed by atoms with E-state index in [0.29, 0.717) is 5.92 Å². The second-order valence-electron chi connectivity index (χ2n) is 5.63. The molecule has 0 spiro atoms. The van der Waals surface area contributed by atoms with Crippen LogP contribution in [-0.2, 0) is 13.0 Å². The van der Waals surface area contributed by atoms with Crippen LogP contribution in [0.4, 0.5) is 5.82 Å². The first-order valence-corrected chi connectivity index (χ1v) is 7.78. The molecular formula is C16H25N5. The van der Waals surface area contributed by atoms with Crippen LogP contribution in [0.15, 0.2) is 18.3 Å². The summed E-state index contributed by atoms with van der Waals surface area (Å²) in [4.78, 5) is 9.37. The molecule has 0 saturated heterocycles. The standard InChI is InChI=1S/C16H25N5/c1-5-8-17-15-11-13(10-12(3)4)19-16(20-15)14-7-9-18-21(14)6-2/h7,9,11-12H,5-6,8,10H2,1-4H3,(H,17,19,20). The van der Waals surface area contributed by atoms with E-state index in [9.17, 15) is 0 Å².